The van der Waals surface area contributed by atoms with Gasteiger partial charge in [0.05, 0.1) is 12.2 Å². The van der Waals surface area contributed by atoms with Crippen LogP contribution in [0.5, 0.6) is 0 Å². The second kappa shape index (κ2) is 6.35. The number of hydrogen-bond acceptors (Lipinski definition) is 3. The Morgan fingerprint density at radius 2 is 2.10 bits per heavy atom. The number of carbonyl (C=O) groups excluding carboxylic acids is 1. The van der Waals surface area contributed by atoms with E-state index in [1.807, 2.05) is 35.2 Å². The first-order valence-corrected chi connectivity index (χ1v) is 7.15. The summed E-state index contributed by atoms with van der Waals surface area (Å²) in [5.41, 5.74) is 2.13. The second-order valence-electron chi connectivity index (χ2n) is 5.19. The molecule has 0 bridgehead atoms. The van der Waals surface area contributed by atoms with Gasteiger partial charge < -0.3 is 10.2 Å². The first-order valence-electron chi connectivity index (χ1n) is 7.15. The summed E-state index contributed by atoms with van der Waals surface area (Å²) in [5.74, 6) is 0.411. The Morgan fingerprint density at radius 1 is 1.24 bits per heavy atom. The molecule has 1 aliphatic rings. The van der Waals surface area contributed by atoms with E-state index in [1.54, 1.807) is 18.6 Å². The molecule has 1 saturated heterocycles. The first kappa shape index (κ1) is 13.5. The molecule has 5 heteroatoms. The summed E-state index contributed by atoms with van der Waals surface area (Å²) in [5, 5.41) is 2.93. The lowest BCUT2D eigenvalue weighted by molar-refractivity contribution is 0.207. The third-order valence-electron chi connectivity index (χ3n) is 3.80. The van der Waals surface area contributed by atoms with E-state index in [-0.39, 0.29) is 6.03 Å². The van der Waals surface area contributed by atoms with Crippen LogP contribution in [0.4, 0.5) is 4.79 Å². The molecule has 1 aliphatic heterocycles. The maximum absolute atomic E-state index is 12.2. The molecule has 108 valence electrons. The zero-order valence-electron chi connectivity index (χ0n) is 11.8. The Labute approximate surface area is 124 Å². The molecule has 0 radical (unpaired) electrons. The van der Waals surface area contributed by atoms with Crippen LogP contribution < -0.4 is 5.32 Å². The average Bonchev–Trinajstić information content (AvgIpc) is 3.04. The highest BCUT2D eigenvalue weighted by Crippen LogP contribution is 2.26. The van der Waals surface area contributed by atoms with E-state index in [0.29, 0.717) is 12.5 Å². The number of nitrogens with zero attached hydrogens (tertiary/aromatic N) is 3. The lowest BCUT2D eigenvalue weighted by Gasteiger charge is -2.17. The van der Waals surface area contributed by atoms with Gasteiger partial charge in [-0.2, -0.15) is 0 Å². The topological polar surface area (TPSA) is 58.1 Å². The summed E-state index contributed by atoms with van der Waals surface area (Å²) in [6.07, 6.45) is 6.34. The molecule has 2 aromatic rings. The standard InChI is InChI=1S/C16H18N4O/c21-16(19-11-15-3-1-2-7-18-15)20-10-6-14(12-20)13-4-8-17-9-5-13/h1-5,7-9,14H,6,10-12H2,(H,19,21). The van der Waals surface area contributed by atoms with Gasteiger partial charge in [-0.15, -0.1) is 0 Å². The summed E-state index contributed by atoms with van der Waals surface area (Å²) < 4.78 is 0. The highest BCUT2D eigenvalue weighted by atomic mass is 16.2. The Balaban J connectivity index is 1.53. The number of urea groups is 1. The van der Waals surface area contributed by atoms with Gasteiger partial charge >= 0.3 is 6.03 Å². The van der Waals surface area contributed by atoms with Crippen molar-refractivity contribution in [3.63, 3.8) is 0 Å². The predicted octanol–water partition coefficient (Wildman–Crippen LogP) is 2.18. The molecular weight excluding hydrogens is 264 g/mol. The lowest BCUT2D eigenvalue weighted by Crippen LogP contribution is -2.38. The first-order chi connectivity index (χ1) is 10.3. The summed E-state index contributed by atoms with van der Waals surface area (Å²) in [6.45, 7) is 2.02. The number of amides is 2. The monoisotopic (exact) mass is 282 g/mol. The van der Waals surface area contributed by atoms with E-state index in [1.165, 1.54) is 5.56 Å². The molecule has 0 aliphatic carbocycles. The number of aromatic nitrogens is 2. The van der Waals surface area contributed by atoms with Crippen LogP contribution in [0.3, 0.4) is 0 Å². The fraction of sp³-hybridized carbons (Fsp3) is 0.312. The summed E-state index contributed by atoms with van der Waals surface area (Å²) in [4.78, 5) is 22.3. The van der Waals surface area contributed by atoms with Gasteiger partial charge in [0.1, 0.15) is 0 Å². The molecule has 3 rings (SSSR count). The largest absolute Gasteiger partial charge is 0.332 e. The number of rotatable bonds is 3. The average molecular weight is 282 g/mol. The van der Waals surface area contributed by atoms with E-state index >= 15 is 0 Å². The number of carbonyl (C=O) groups is 1. The minimum absolute atomic E-state index is 0.0165. The van der Waals surface area contributed by atoms with Crippen LogP contribution in [0.1, 0.15) is 23.6 Å². The van der Waals surface area contributed by atoms with Crippen molar-refractivity contribution in [2.75, 3.05) is 13.1 Å². The van der Waals surface area contributed by atoms with Crippen LogP contribution >= 0.6 is 0 Å². The maximum atomic E-state index is 12.2. The maximum Gasteiger partial charge on any atom is 0.317 e. The normalized spacial score (nSPS) is 17.7. The fourth-order valence-corrected chi connectivity index (χ4v) is 2.63. The van der Waals surface area contributed by atoms with E-state index in [4.69, 9.17) is 0 Å². The molecule has 2 amide bonds. The highest BCUT2D eigenvalue weighted by molar-refractivity contribution is 5.74. The van der Waals surface area contributed by atoms with E-state index < -0.39 is 0 Å². The molecule has 0 saturated carbocycles. The molecule has 0 spiro atoms. The van der Waals surface area contributed by atoms with Crippen molar-refractivity contribution in [1.82, 2.24) is 20.2 Å². The molecular formula is C16H18N4O. The smallest absolute Gasteiger partial charge is 0.317 e. The van der Waals surface area contributed by atoms with Crippen molar-refractivity contribution in [2.24, 2.45) is 0 Å². The van der Waals surface area contributed by atoms with E-state index in [9.17, 15) is 4.79 Å². The predicted molar refractivity (Wildman–Crippen MR) is 79.6 cm³/mol. The molecule has 1 atom stereocenters. The molecule has 3 heterocycles. The van der Waals surface area contributed by atoms with Gasteiger partial charge in [0.15, 0.2) is 0 Å². The van der Waals surface area contributed by atoms with Crippen LogP contribution in [0.2, 0.25) is 0 Å². The number of hydrogen-bond donors (Lipinski definition) is 1. The van der Waals surface area contributed by atoms with Gasteiger partial charge in [0, 0.05) is 37.6 Å². The van der Waals surface area contributed by atoms with Gasteiger partial charge in [-0.3, -0.25) is 9.97 Å². The zero-order valence-corrected chi connectivity index (χ0v) is 11.8. The second-order valence-corrected chi connectivity index (χ2v) is 5.19. The van der Waals surface area contributed by atoms with Crippen LogP contribution in [0.25, 0.3) is 0 Å². The van der Waals surface area contributed by atoms with Crippen molar-refractivity contribution in [3.8, 4) is 0 Å². The van der Waals surface area contributed by atoms with E-state index in [2.05, 4.69) is 15.3 Å². The third kappa shape index (κ3) is 3.37. The summed E-state index contributed by atoms with van der Waals surface area (Å²) in [7, 11) is 0. The van der Waals surface area contributed by atoms with Crippen molar-refractivity contribution >= 4 is 6.03 Å². The van der Waals surface area contributed by atoms with Crippen LogP contribution in [0.15, 0.2) is 48.9 Å². The van der Waals surface area contributed by atoms with Gasteiger partial charge in [-0.05, 0) is 36.2 Å². The Hall–Kier alpha value is -2.43. The molecule has 5 nitrogen and oxygen atoms in total. The zero-order chi connectivity index (χ0) is 14.5. The minimum Gasteiger partial charge on any atom is -0.332 e. The van der Waals surface area contributed by atoms with Crippen LogP contribution in [-0.2, 0) is 6.54 Å². The van der Waals surface area contributed by atoms with Crippen molar-refractivity contribution in [2.45, 2.75) is 18.9 Å². The van der Waals surface area contributed by atoms with Gasteiger partial charge in [0.25, 0.3) is 0 Å². The number of pyridine rings is 2. The molecule has 0 aromatic carbocycles. The van der Waals surface area contributed by atoms with Gasteiger partial charge in [-0.1, -0.05) is 6.07 Å². The molecule has 1 fully saturated rings. The lowest BCUT2D eigenvalue weighted by atomic mass is 10.00. The van der Waals surface area contributed by atoms with Crippen molar-refractivity contribution in [1.29, 1.82) is 0 Å². The molecule has 2 aromatic heterocycles. The number of nitrogens with one attached hydrogen (secondary N) is 1. The highest BCUT2D eigenvalue weighted by Gasteiger charge is 2.27. The summed E-state index contributed by atoms with van der Waals surface area (Å²) in [6, 6.07) is 9.73. The number of likely N-dealkylation sites (tertiary alicyclic amines) is 1. The van der Waals surface area contributed by atoms with Crippen LogP contribution in [-0.4, -0.2) is 34.0 Å². The SMILES string of the molecule is O=C(NCc1ccccn1)N1CCC(c2ccncc2)C1. The Morgan fingerprint density at radius 3 is 2.86 bits per heavy atom. The van der Waals surface area contributed by atoms with Crippen molar-refractivity contribution in [3.05, 3.63) is 60.2 Å². The fourth-order valence-electron chi connectivity index (χ4n) is 2.63. The molecule has 1 unspecified atom stereocenters. The Kier molecular flexibility index (Phi) is 4.09. The van der Waals surface area contributed by atoms with E-state index in [0.717, 1.165) is 25.2 Å². The van der Waals surface area contributed by atoms with Crippen LogP contribution in [0, 0.1) is 0 Å². The molecule has 21 heavy (non-hydrogen) atoms. The third-order valence-corrected chi connectivity index (χ3v) is 3.80. The van der Waals surface area contributed by atoms with Crippen molar-refractivity contribution < 1.29 is 4.79 Å². The van der Waals surface area contributed by atoms with Gasteiger partial charge in [0.2, 0.25) is 0 Å². The summed E-state index contributed by atoms with van der Waals surface area (Å²) >= 11 is 0. The molecule has 1 N–H and O–H groups in total. The van der Waals surface area contributed by atoms with Gasteiger partial charge in [-0.25, -0.2) is 4.79 Å². The quantitative estimate of drug-likeness (QED) is 0.938. The minimum atomic E-state index is -0.0165. The Bertz CT molecular complexity index is 588.